The molecule has 0 radical (unpaired) electrons. The fraction of sp³-hybridized carbons (Fsp3) is 0.111. The second-order valence-corrected chi connectivity index (χ2v) is 2.70. The molecule has 0 bridgehead atoms. The smallest absolute Gasteiger partial charge is 0.335 e. The van der Waals surface area contributed by atoms with Gasteiger partial charge in [-0.2, -0.15) is 0 Å². The average Bonchev–Trinajstić information content (AvgIpc) is 2.07. The van der Waals surface area contributed by atoms with Crippen molar-refractivity contribution in [2.24, 2.45) is 0 Å². The van der Waals surface area contributed by atoms with E-state index in [2.05, 4.69) is 5.32 Å². The van der Waals surface area contributed by atoms with Gasteiger partial charge in [-0.1, -0.05) is 11.8 Å². The number of anilines is 1. The fourth-order valence-corrected chi connectivity index (χ4v) is 0.948. The third kappa shape index (κ3) is 2.22. The van der Waals surface area contributed by atoms with E-state index in [0.717, 1.165) is 6.07 Å². The molecule has 0 aromatic heterocycles. The Kier molecular flexibility index (Phi) is 2.71. The van der Waals surface area contributed by atoms with Crippen LogP contribution in [0.4, 0.5) is 5.69 Å². The lowest BCUT2D eigenvalue weighted by molar-refractivity contribution is -0.267. The molecule has 0 aliphatic carbocycles. The number of benzene rings is 1. The summed E-state index contributed by atoms with van der Waals surface area (Å²) in [4.78, 5) is 21.1. The lowest BCUT2D eigenvalue weighted by Crippen LogP contribution is -2.09. The summed E-state index contributed by atoms with van der Waals surface area (Å²) < 4.78 is 0. The fourth-order valence-electron chi connectivity index (χ4n) is 0.948. The molecule has 5 nitrogen and oxygen atoms in total. The first-order valence-electron chi connectivity index (χ1n) is 3.82. The maximum absolute atomic E-state index is 11.2. The number of carboxylic acids is 1. The number of hydrogen-bond acceptors (Lipinski definition) is 3. The molecule has 1 aromatic carbocycles. The number of amides is 1. The minimum atomic E-state index is -1.17. The molecule has 0 aliphatic rings. The summed E-state index contributed by atoms with van der Waals surface area (Å²) in [5.41, 5.74) is -0.00778. The molecule has 0 aliphatic heterocycles. The second kappa shape index (κ2) is 3.78. The molecule has 5 heteroatoms. The van der Waals surface area contributed by atoms with Crippen LogP contribution in [-0.2, 0) is 4.79 Å². The van der Waals surface area contributed by atoms with Gasteiger partial charge in [0.05, 0.1) is 5.56 Å². The highest BCUT2D eigenvalue weighted by Crippen LogP contribution is 2.21. The van der Waals surface area contributed by atoms with Crippen LogP contribution in [0.15, 0.2) is 18.2 Å². The molecule has 2 N–H and O–H groups in total. The van der Waals surface area contributed by atoms with Crippen molar-refractivity contribution in [3.63, 3.8) is 0 Å². The standard InChI is InChI=1S/C9H9NO4/c1-5(11)10-7-3-2-6(9(13)14)4-8(7)12/h2-4,12H,1H3,(H,10,11)(H,13,14)/p-1. The van der Waals surface area contributed by atoms with Crippen molar-refractivity contribution in [1.82, 2.24) is 0 Å². The van der Waals surface area contributed by atoms with Gasteiger partial charge in [-0.3, -0.25) is 4.79 Å². The highest BCUT2D eigenvalue weighted by molar-refractivity contribution is 5.93. The lowest BCUT2D eigenvalue weighted by atomic mass is 10.2. The van der Waals surface area contributed by atoms with Crippen LogP contribution in [0, 0.1) is 0 Å². The van der Waals surface area contributed by atoms with Crippen molar-refractivity contribution in [3.05, 3.63) is 23.8 Å². The van der Waals surface area contributed by atoms with Crippen LogP contribution < -0.4 is 10.4 Å². The Labute approximate surface area is 80.0 Å². The van der Waals surface area contributed by atoms with Crippen molar-refractivity contribution < 1.29 is 19.8 Å². The van der Waals surface area contributed by atoms with Gasteiger partial charge in [0.2, 0.25) is 5.91 Å². The Hall–Kier alpha value is -2.04. The van der Waals surface area contributed by atoms with Crippen molar-refractivity contribution in [2.75, 3.05) is 5.32 Å². The quantitative estimate of drug-likeness (QED) is 0.713. The van der Waals surface area contributed by atoms with Crippen LogP contribution in [-0.4, -0.2) is 17.0 Å². The van der Waals surface area contributed by atoms with Crippen molar-refractivity contribution in [1.29, 1.82) is 0 Å². The summed E-state index contributed by atoms with van der Waals surface area (Å²) in [6.45, 7) is 1.27. The van der Waals surface area contributed by atoms with Crippen molar-refractivity contribution >= 4 is 17.6 Å². The van der Waals surface area contributed by atoms with Crippen LogP contribution in [0.1, 0.15) is 17.3 Å². The summed E-state index contributed by atoms with van der Waals surface area (Å²) >= 11 is 0. The first-order chi connectivity index (χ1) is 6.50. The Morgan fingerprint density at radius 2 is 2.07 bits per heavy atom. The monoisotopic (exact) mass is 194 g/mol. The first kappa shape index (κ1) is 10.0. The molecule has 14 heavy (non-hydrogen) atoms. The molecule has 1 aromatic rings. The zero-order chi connectivity index (χ0) is 10.7. The summed E-state index contributed by atoms with van der Waals surface area (Å²) in [6, 6.07) is 3.50. The minimum absolute atomic E-state index is 0.0856. The predicted molar refractivity (Wildman–Crippen MR) is 47.2 cm³/mol. The number of nitrogens with one attached hydrogen (secondary N) is 1. The molecule has 0 heterocycles. The average molecular weight is 194 g/mol. The number of rotatable bonds is 2. The normalized spacial score (nSPS) is 9.50. The van der Waals surface area contributed by atoms with Crippen molar-refractivity contribution in [2.45, 2.75) is 6.92 Å². The third-order valence-electron chi connectivity index (χ3n) is 1.54. The van der Waals surface area contributed by atoms with Gasteiger partial charge in [0.1, 0.15) is 0 Å². The molecule has 0 fully saturated rings. The van der Waals surface area contributed by atoms with E-state index in [1.54, 1.807) is 0 Å². The van der Waals surface area contributed by atoms with E-state index in [4.69, 9.17) is 5.11 Å². The molecule has 1 amide bonds. The number of carbonyl (C=O) groups excluding carboxylic acids is 1. The molecule has 74 valence electrons. The first-order valence-corrected chi connectivity index (χ1v) is 3.82. The van der Waals surface area contributed by atoms with E-state index in [1.807, 2.05) is 0 Å². The minimum Gasteiger partial charge on any atom is -0.871 e. The van der Waals surface area contributed by atoms with Gasteiger partial charge >= 0.3 is 5.97 Å². The number of hydrogen-bond donors (Lipinski definition) is 2. The van der Waals surface area contributed by atoms with E-state index in [-0.39, 0.29) is 17.2 Å². The summed E-state index contributed by atoms with van der Waals surface area (Å²) in [5.74, 6) is -2.05. The van der Waals surface area contributed by atoms with Gasteiger partial charge in [-0.15, -0.1) is 0 Å². The van der Waals surface area contributed by atoms with Gasteiger partial charge < -0.3 is 15.5 Å². The summed E-state index contributed by atoms with van der Waals surface area (Å²) in [7, 11) is 0. The zero-order valence-corrected chi connectivity index (χ0v) is 7.40. The second-order valence-electron chi connectivity index (χ2n) is 2.70. The summed E-state index contributed by atoms with van der Waals surface area (Å²) in [6.07, 6.45) is 0. The van der Waals surface area contributed by atoms with Gasteiger partial charge in [0.25, 0.3) is 0 Å². The largest absolute Gasteiger partial charge is 0.871 e. The Morgan fingerprint density at radius 3 is 2.50 bits per heavy atom. The van der Waals surface area contributed by atoms with E-state index in [0.29, 0.717) is 0 Å². The number of carbonyl (C=O) groups is 2. The molecular weight excluding hydrogens is 186 g/mol. The topological polar surface area (TPSA) is 89.5 Å². The SMILES string of the molecule is CC(=O)Nc1ccc(C(=O)O)cc1[O-]. The molecule has 0 atom stereocenters. The van der Waals surface area contributed by atoms with Crippen LogP contribution in [0.25, 0.3) is 0 Å². The number of aromatic carboxylic acids is 1. The zero-order valence-electron chi connectivity index (χ0n) is 7.40. The van der Waals surface area contributed by atoms with Crippen LogP contribution >= 0.6 is 0 Å². The molecule has 0 saturated heterocycles. The maximum atomic E-state index is 11.2. The lowest BCUT2D eigenvalue weighted by Gasteiger charge is -2.13. The molecule has 1 rings (SSSR count). The Bertz CT molecular complexity index is 386. The van der Waals surface area contributed by atoms with E-state index in [9.17, 15) is 14.7 Å². The molecule has 0 saturated carbocycles. The molecule has 0 spiro atoms. The van der Waals surface area contributed by atoms with Gasteiger partial charge in [-0.25, -0.2) is 4.79 Å². The Balaban J connectivity index is 3.01. The van der Waals surface area contributed by atoms with Gasteiger partial charge in [0, 0.05) is 12.6 Å². The molecular formula is C9H8NO4-. The third-order valence-corrected chi connectivity index (χ3v) is 1.54. The van der Waals surface area contributed by atoms with Crippen LogP contribution in [0.2, 0.25) is 0 Å². The number of carboxylic acid groups (broad SMARTS) is 1. The predicted octanol–water partition coefficient (Wildman–Crippen LogP) is 0.417. The molecule has 0 unspecified atom stereocenters. The van der Waals surface area contributed by atoms with E-state index >= 15 is 0 Å². The Morgan fingerprint density at radius 1 is 1.43 bits per heavy atom. The van der Waals surface area contributed by atoms with Crippen molar-refractivity contribution in [3.8, 4) is 5.75 Å². The summed E-state index contributed by atoms with van der Waals surface area (Å²) in [5, 5.41) is 22.1. The highest BCUT2D eigenvalue weighted by Gasteiger charge is 2.03. The van der Waals surface area contributed by atoms with Gasteiger partial charge in [-0.05, 0) is 12.1 Å². The van der Waals surface area contributed by atoms with E-state index < -0.39 is 11.7 Å². The van der Waals surface area contributed by atoms with Crippen LogP contribution in [0.3, 0.4) is 0 Å². The van der Waals surface area contributed by atoms with Gasteiger partial charge in [0.15, 0.2) is 0 Å². The highest BCUT2D eigenvalue weighted by atomic mass is 16.4. The van der Waals surface area contributed by atoms with Crippen LogP contribution in [0.5, 0.6) is 5.75 Å². The van der Waals surface area contributed by atoms with E-state index in [1.165, 1.54) is 19.1 Å². The maximum Gasteiger partial charge on any atom is 0.335 e.